The summed E-state index contributed by atoms with van der Waals surface area (Å²) in [5, 5.41) is 0. The van der Waals surface area contributed by atoms with Crippen molar-refractivity contribution in [3.05, 3.63) is 76.6 Å². The van der Waals surface area contributed by atoms with Crippen LogP contribution in [-0.4, -0.2) is 19.7 Å². The molecule has 2 aliphatic rings. The van der Waals surface area contributed by atoms with E-state index < -0.39 is 27.0 Å². The fraction of sp³-hybridized carbons (Fsp3) is 0.150. The number of hydrogen-bond donors (Lipinski definition) is 0. The highest BCUT2D eigenvalue weighted by molar-refractivity contribution is 7.96. The van der Waals surface area contributed by atoms with Crippen LogP contribution >= 0.6 is 0 Å². The van der Waals surface area contributed by atoms with Gasteiger partial charge in [-0.05, 0) is 55.8 Å². The highest BCUT2D eigenvalue weighted by atomic mass is 32.2. The predicted octanol–water partition coefficient (Wildman–Crippen LogP) is 3.71. The summed E-state index contributed by atoms with van der Waals surface area (Å²) in [4.78, 5) is 14.5. The number of anilines is 1. The van der Waals surface area contributed by atoms with Crippen LogP contribution in [0.3, 0.4) is 0 Å². The van der Waals surface area contributed by atoms with Crippen molar-refractivity contribution in [2.24, 2.45) is 0 Å². The van der Waals surface area contributed by atoms with Gasteiger partial charge < -0.3 is 4.90 Å². The molecule has 4 rings (SSSR count). The lowest BCUT2D eigenvalue weighted by Crippen LogP contribution is -2.45. The molecule has 0 fully saturated rings. The van der Waals surface area contributed by atoms with Gasteiger partial charge in [-0.25, -0.2) is 12.8 Å². The van der Waals surface area contributed by atoms with Gasteiger partial charge in [0, 0.05) is 5.69 Å². The first-order chi connectivity index (χ1) is 12.2. The van der Waals surface area contributed by atoms with Gasteiger partial charge in [-0.15, -0.1) is 0 Å². The number of fused-ring (bicyclic) bond motifs is 3. The molecule has 0 aliphatic carbocycles. The van der Waals surface area contributed by atoms with Crippen LogP contribution in [0.1, 0.15) is 19.4 Å². The molecule has 0 radical (unpaired) electrons. The molecule has 6 heteroatoms. The summed E-state index contributed by atoms with van der Waals surface area (Å²) in [6.45, 7) is 3.41. The number of para-hydroxylation sites is 1. The number of hydrogen-bond acceptors (Lipinski definition) is 4. The summed E-state index contributed by atoms with van der Waals surface area (Å²) in [5.41, 5.74) is 1.01. The summed E-state index contributed by atoms with van der Waals surface area (Å²) < 4.78 is 39.5. The Balaban J connectivity index is 1.97. The van der Waals surface area contributed by atoms with Crippen LogP contribution in [0.25, 0.3) is 6.08 Å². The number of carbonyl (C=O) groups excluding carboxylic acids is 1. The third-order valence-electron chi connectivity index (χ3n) is 4.79. The first kappa shape index (κ1) is 16.7. The van der Waals surface area contributed by atoms with Gasteiger partial charge in [0.1, 0.15) is 16.3 Å². The second kappa shape index (κ2) is 5.38. The molecule has 0 spiro atoms. The van der Waals surface area contributed by atoms with Gasteiger partial charge in [0.15, 0.2) is 0 Å². The van der Waals surface area contributed by atoms with Gasteiger partial charge in [-0.1, -0.05) is 24.3 Å². The molecule has 4 nitrogen and oxygen atoms in total. The van der Waals surface area contributed by atoms with E-state index >= 15 is 0 Å². The van der Waals surface area contributed by atoms with E-state index in [1.807, 2.05) is 24.3 Å². The van der Waals surface area contributed by atoms with Crippen molar-refractivity contribution >= 4 is 27.4 Å². The van der Waals surface area contributed by atoms with Gasteiger partial charge in [-0.3, -0.25) is 4.79 Å². The lowest BCUT2D eigenvalue weighted by molar-refractivity contribution is -0.117. The van der Waals surface area contributed by atoms with E-state index in [2.05, 4.69) is 0 Å². The van der Waals surface area contributed by atoms with Crippen LogP contribution in [0.5, 0.6) is 0 Å². The van der Waals surface area contributed by atoms with Crippen molar-refractivity contribution < 1.29 is 17.6 Å². The van der Waals surface area contributed by atoms with Gasteiger partial charge in [0.25, 0.3) is 0 Å². The maximum Gasteiger partial charge on any atom is 0.212 e. The van der Waals surface area contributed by atoms with E-state index in [0.29, 0.717) is 5.70 Å². The minimum Gasteiger partial charge on any atom is -0.327 e. The second-order valence-electron chi connectivity index (χ2n) is 6.79. The molecule has 0 amide bonds. The minimum atomic E-state index is -4.08. The van der Waals surface area contributed by atoms with E-state index in [4.69, 9.17) is 0 Å². The van der Waals surface area contributed by atoms with Gasteiger partial charge in [0.05, 0.1) is 10.6 Å². The molecule has 0 saturated carbocycles. The third kappa shape index (κ3) is 2.18. The summed E-state index contributed by atoms with van der Waals surface area (Å²) in [7, 11) is -4.08. The fourth-order valence-electron chi connectivity index (χ4n) is 3.47. The number of allylic oxidation sites excluding steroid dienone is 1. The molecule has 0 saturated heterocycles. The van der Waals surface area contributed by atoms with E-state index in [9.17, 15) is 17.6 Å². The molecule has 0 unspecified atom stereocenters. The molecule has 2 heterocycles. The largest absolute Gasteiger partial charge is 0.327 e. The zero-order chi connectivity index (χ0) is 18.7. The van der Waals surface area contributed by atoms with Gasteiger partial charge in [0.2, 0.25) is 15.6 Å². The molecule has 0 aromatic heterocycles. The zero-order valence-corrected chi connectivity index (χ0v) is 15.0. The van der Waals surface area contributed by atoms with E-state index in [1.54, 1.807) is 30.9 Å². The Kier molecular flexibility index (Phi) is 3.46. The molecule has 0 atom stereocenters. The van der Waals surface area contributed by atoms with Crippen LogP contribution in [0.4, 0.5) is 10.1 Å². The Labute approximate surface area is 151 Å². The van der Waals surface area contributed by atoms with Gasteiger partial charge in [-0.2, -0.15) is 0 Å². The summed E-state index contributed by atoms with van der Waals surface area (Å²) in [6, 6.07) is 12.0. The predicted molar refractivity (Wildman–Crippen MR) is 97.7 cm³/mol. The maximum absolute atomic E-state index is 13.2. The number of sulfone groups is 1. The Morgan fingerprint density at radius 1 is 0.962 bits per heavy atom. The summed E-state index contributed by atoms with van der Waals surface area (Å²) in [6.07, 6.45) is 3.46. The lowest BCUT2D eigenvalue weighted by Gasteiger charge is -2.36. The van der Waals surface area contributed by atoms with Crippen molar-refractivity contribution in [1.82, 2.24) is 0 Å². The number of Topliss-reactive ketones (excluding diaryl/α,β-unsaturated/α-hetero) is 1. The SMILES string of the molecule is CC1(C)C(=O)C(S(=O)(=O)c2ccc(F)cc2)=C2C=Cc3ccccc3N21. The van der Waals surface area contributed by atoms with Crippen molar-refractivity contribution in [3.8, 4) is 0 Å². The van der Waals surface area contributed by atoms with Crippen molar-refractivity contribution in [3.63, 3.8) is 0 Å². The number of halogens is 1. The smallest absolute Gasteiger partial charge is 0.212 e. The number of nitrogens with zero attached hydrogens (tertiary/aromatic N) is 1. The highest BCUT2D eigenvalue weighted by Crippen LogP contribution is 2.46. The highest BCUT2D eigenvalue weighted by Gasteiger charge is 2.51. The van der Waals surface area contributed by atoms with Crippen LogP contribution in [0.15, 0.2) is 70.1 Å². The molecule has 2 aromatic carbocycles. The molecule has 2 aliphatic heterocycles. The number of benzene rings is 2. The van der Waals surface area contributed by atoms with Crippen LogP contribution in [0.2, 0.25) is 0 Å². The first-order valence-corrected chi connectivity index (χ1v) is 9.60. The second-order valence-corrected chi connectivity index (χ2v) is 8.67. The topological polar surface area (TPSA) is 54.5 Å². The maximum atomic E-state index is 13.2. The molecular weight excluding hydrogens is 353 g/mol. The van der Waals surface area contributed by atoms with Crippen LogP contribution < -0.4 is 4.90 Å². The molecule has 0 bridgehead atoms. The number of ketones is 1. The van der Waals surface area contributed by atoms with Crippen molar-refractivity contribution in [1.29, 1.82) is 0 Å². The first-order valence-electron chi connectivity index (χ1n) is 8.11. The quantitative estimate of drug-likeness (QED) is 0.758. The Bertz CT molecular complexity index is 1100. The van der Waals surface area contributed by atoms with Gasteiger partial charge >= 0.3 is 0 Å². The molecule has 2 aromatic rings. The number of rotatable bonds is 2. The normalized spacial score (nSPS) is 18.1. The summed E-state index contributed by atoms with van der Waals surface area (Å²) in [5.74, 6) is -1.01. The van der Waals surface area contributed by atoms with E-state index in [0.717, 1.165) is 23.4 Å². The van der Waals surface area contributed by atoms with E-state index in [1.165, 1.54) is 12.1 Å². The van der Waals surface area contributed by atoms with Crippen molar-refractivity contribution in [2.75, 3.05) is 4.90 Å². The van der Waals surface area contributed by atoms with Crippen LogP contribution in [-0.2, 0) is 14.6 Å². The average molecular weight is 369 g/mol. The van der Waals surface area contributed by atoms with E-state index in [-0.39, 0.29) is 9.80 Å². The third-order valence-corrected chi connectivity index (χ3v) is 6.61. The van der Waals surface area contributed by atoms with Crippen LogP contribution in [0, 0.1) is 5.82 Å². The molecular formula is C20H16FNO3S. The molecule has 0 N–H and O–H groups in total. The molecule has 132 valence electrons. The van der Waals surface area contributed by atoms with Crippen molar-refractivity contribution in [2.45, 2.75) is 24.3 Å². The zero-order valence-electron chi connectivity index (χ0n) is 14.2. The monoisotopic (exact) mass is 369 g/mol. The number of carbonyl (C=O) groups is 1. The Morgan fingerprint density at radius 2 is 1.62 bits per heavy atom. The average Bonchev–Trinajstić information content (AvgIpc) is 2.82. The summed E-state index contributed by atoms with van der Waals surface area (Å²) >= 11 is 0. The standard InChI is InChI=1S/C20H16FNO3S/c1-20(2)19(23)18(26(24,25)15-10-8-14(21)9-11-15)17-12-7-13-5-3-4-6-16(13)22(17)20/h3-12H,1-2H3. The Morgan fingerprint density at radius 3 is 2.31 bits per heavy atom. The lowest BCUT2D eigenvalue weighted by atomic mass is 9.97. The minimum absolute atomic E-state index is 0.0975. The Hall–Kier alpha value is -2.73. The fourth-order valence-corrected chi connectivity index (χ4v) is 5.13. The molecule has 26 heavy (non-hydrogen) atoms.